The topological polar surface area (TPSA) is 20.2 Å². The zero-order valence-electron chi connectivity index (χ0n) is 12.6. The third-order valence-corrected chi connectivity index (χ3v) is 5.91. The first kappa shape index (κ1) is 19.6. The summed E-state index contributed by atoms with van der Waals surface area (Å²) in [5.74, 6) is 4.24. The van der Waals surface area contributed by atoms with Crippen LogP contribution < -0.4 is 0 Å². The molecule has 1 N–H and O–H groups in total. The maximum atomic E-state index is 10.1. The monoisotopic (exact) mass is 480 g/mol. The Hall–Kier alpha value is -0.752. The van der Waals surface area contributed by atoms with Crippen molar-refractivity contribution in [2.75, 3.05) is 11.5 Å². The Morgan fingerprint density at radius 1 is 0.875 bits per heavy atom. The van der Waals surface area contributed by atoms with E-state index < -0.39 is 19.5 Å². The molecule has 3 rings (SSSR count). The number of halogens is 6. The second kappa shape index (κ2) is 6.20. The second-order valence-corrected chi connectivity index (χ2v) is 13.4. The van der Waals surface area contributed by atoms with Crippen LogP contribution in [0.25, 0.3) is 10.8 Å². The van der Waals surface area contributed by atoms with Gasteiger partial charge in [0.1, 0.15) is 23.0 Å². The van der Waals surface area contributed by atoms with Crippen molar-refractivity contribution < 1.29 is 22.0 Å². The van der Waals surface area contributed by atoms with Crippen LogP contribution in [-0.4, -0.2) is 36.1 Å². The summed E-state index contributed by atoms with van der Waals surface area (Å²) in [6, 6.07) is 12.2. The first-order valence-electron chi connectivity index (χ1n) is 7.20. The van der Waals surface area contributed by atoms with E-state index in [9.17, 15) is 22.0 Å². The van der Waals surface area contributed by atoms with Crippen LogP contribution in [0.4, 0.5) is 16.9 Å². The van der Waals surface area contributed by atoms with Crippen molar-refractivity contribution in [3.05, 3.63) is 42.0 Å². The normalized spacial score (nSPS) is 18.6. The van der Waals surface area contributed by atoms with Gasteiger partial charge in [-0.3, -0.25) is 0 Å². The molecule has 1 aliphatic rings. The molecule has 1 aliphatic heterocycles. The number of hydrogen-bond donors (Lipinski definition) is 1. The molecule has 9 heteroatoms. The van der Waals surface area contributed by atoms with Gasteiger partial charge in [-0.25, -0.2) is 0 Å². The number of rotatable bonds is 2. The molecule has 1 saturated heterocycles. The summed E-state index contributed by atoms with van der Waals surface area (Å²) in [7, 11) is 0.495. The maximum absolute atomic E-state index is 11.2. The third kappa shape index (κ3) is 7.43. The molecule has 0 atom stereocenters. The molecular weight excluding hydrogens is 464 g/mol. The van der Waals surface area contributed by atoms with Crippen molar-refractivity contribution >= 4 is 41.1 Å². The Morgan fingerprint density at radius 2 is 1.42 bits per heavy atom. The zero-order chi connectivity index (χ0) is 18.1. The van der Waals surface area contributed by atoms with E-state index in [4.69, 9.17) is 0 Å². The van der Waals surface area contributed by atoms with E-state index in [0.29, 0.717) is 16.6 Å². The number of hydrogen-bond acceptors (Lipinski definition) is 1. The van der Waals surface area contributed by atoms with Crippen molar-refractivity contribution in [1.29, 1.82) is 0 Å². The molecule has 0 unspecified atom stereocenters. The average Bonchev–Trinajstić information content (AvgIpc) is 2.91. The van der Waals surface area contributed by atoms with Crippen molar-refractivity contribution in [1.82, 2.24) is 0 Å². The first-order chi connectivity index (χ1) is 10.8. The average molecular weight is 481 g/mol. The molecule has 0 spiro atoms. The van der Waals surface area contributed by atoms with Crippen LogP contribution in [0.2, 0.25) is 0 Å². The van der Waals surface area contributed by atoms with E-state index >= 15 is 0 Å². The number of phenolic OH excluding ortho intramolecular Hbond substituents is 1. The standard InChI is InChI=1S/C15H16OS.6FH.Sb/c16-15-8-7-12-5-1-2-6-13(12)14(15)11-17-9-3-4-10-17;;;;;;;/h1-2,5-8H,3-4,9-11H2;6*1H;/q;;;;;;;+5/p-5. The Labute approximate surface area is 140 Å². The molecule has 2 aromatic rings. The predicted octanol–water partition coefficient (Wildman–Crippen LogP) is 5.60. The Kier molecular flexibility index (Phi) is 5.06. The molecule has 0 bridgehead atoms. The quantitative estimate of drug-likeness (QED) is 0.337. The van der Waals surface area contributed by atoms with Gasteiger partial charge in [-0.15, -0.1) is 0 Å². The molecule has 0 aromatic heterocycles. The molecule has 2 aromatic carbocycles. The van der Waals surface area contributed by atoms with Crippen molar-refractivity contribution in [3.8, 4) is 5.75 Å². The Balaban J connectivity index is 0.000000256. The molecule has 0 aliphatic carbocycles. The number of aromatic hydroxyl groups is 1. The van der Waals surface area contributed by atoms with Gasteiger partial charge in [-0.2, -0.15) is 0 Å². The van der Waals surface area contributed by atoms with Crippen molar-refractivity contribution in [2.45, 2.75) is 18.6 Å². The molecular formula is C15H17F6OSSb. The molecule has 0 amide bonds. The molecule has 136 valence electrons. The first-order valence-corrected chi connectivity index (χ1v) is 14.7. The van der Waals surface area contributed by atoms with Crippen LogP contribution in [0.3, 0.4) is 0 Å². The van der Waals surface area contributed by atoms with E-state index in [1.807, 2.05) is 12.1 Å². The summed E-state index contributed by atoms with van der Waals surface area (Å²) < 4.78 is 59.6. The van der Waals surface area contributed by atoms with Gasteiger partial charge in [0.25, 0.3) is 0 Å². The van der Waals surface area contributed by atoms with E-state index in [1.54, 1.807) is 0 Å². The van der Waals surface area contributed by atoms with Crippen LogP contribution >= 0.6 is 0 Å². The van der Waals surface area contributed by atoms with Crippen LogP contribution in [0, 0.1) is 0 Å². The predicted molar refractivity (Wildman–Crippen MR) is 88.1 cm³/mol. The molecule has 1 nitrogen and oxygen atoms in total. The van der Waals surface area contributed by atoms with Crippen LogP contribution in [0.5, 0.6) is 5.75 Å². The summed E-state index contributed by atoms with van der Waals surface area (Å²) in [6.07, 6.45) is 2.74. The number of fused-ring (bicyclic) bond motifs is 1. The summed E-state index contributed by atoms with van der Waals surface area (Å²) >= 11 is -11.2. The van der Waals surface area contributed by atoms with Gasteiger partial charge in [0, 0.05) is 0 Å². The van der Waals surface area contributed by atoms with E-state index in [1.165, 1.54) is 35.1 Å². The second-order valence-electron chi connectivity index (χ2n) is 5.61. The van der Waals surface area contributed by atoms with Gasteiger partial charge in [-0.1, -0.05) is 30.3 Å². The SMILES string of the molecule is Oc1ccc2ccccc2c1C[S+]1CCCC1.[F][Sb-]([F])([F])([F])([F])[F]. The van der Waals surface area contributed by atoms with Gasteiger partial charge in [0.05, 0.1) is 5.56 Å². The minimum atomic E-state index is -11.2. The number of benzene rings is 2. The zero-order valence-corrected chi connectivity index (χ0v) is 15.9. The fourth-order valence-corrected chi connectivity index (χ4v) is 4.97. The van der Waals surface area contributed by atoms with Crippen LogP contribution in [0.1, 0.15) is 18.4 Å². The minimum absolute atomic E-state index is 0.475. The van der Waals surface area contributed by atoms with Crippen LogP contribution in [-0.2, 0) is 16.6 Å². The van der Waals surface area contributed by atoms with Gasteiger partial charge in [0.2, 0.25) is 0 Å². The fourth-order valence-electron chi connectivity index (χ4n) is 2.54. The van der Waals surface area contributed by atoms with Crippen molar-refractivity contribution in [2.24, 2.45) is 0 Å². The summed E-state index contributed by atoms with van der Waals surface area (Å²) in [6.45, 7) is 0. The molecule has 1 fully saturated rings. The summed E-state index contributed by atoms with van der Waals surface area (Å²) in [5.41, 5.74) is 1.16. The summed E-state index contributed by atoms with van der Waals surface area (Å²) in [5, 5.41) is 12.5. The molecule has 0 saturated carbocycles. The van der Waals surface area contributed by atoms with Gasteiger partial charge in [-0.05, 0) is 40.6 Å². The van der Waals surface area contributed by atoms with E-state index in [-0.39, 0.29) is 0 Å². The van der Waals surface area contributed by atoms with Gasteiger partial charge >= 0.3 is 36.4 Å². The van der Waals surface area contributed by atoms with E-state index in [2.05, 4.69) is 24.3 Å². The van der Waals surface area contributed by atoms with E-state index in [0.717, 1.165) is 11.3 Å². The molecule has 24 heavy (non-hydrogen) atoms. The molecule has 1 heterocycles. The Morgan fingerprint density at radius 3 is 2.00 bits per heavy atom. The van der Waals surface area contributed by atoms with Crippen LogP contribution in [0.15, 0.2) is 36.4 Å². The number of phenols is 1. The van der Waals surface area contributed by atoms with Crippen molar-refractivity contribution in [3.63, 3.8) is 0 Å². The molecule has 0 radical (unpaired) electrons. The third-order valence-electron chi connectivity index (χ3n) is 3.48. The van der Waals surface area contributed by atoms with Gasteiger partial charge < -0.3 is 5.11 Å². The fraction of sp³-hybridized carbons (Fsp3) is 0.333. The summed E-state index contributed by atoms with van der Waals surface area (Å²) in [4.78, 5) is 0. The van der Waals surface area contributed by atoms with Gasteiger partial charge in [0.15, 0.2) is 0 Å². The Bertz CT molecular complexity index is 714.